The maximum atomic E-state index is 12.9. The van der Waals surface area contributed by atoms with Crippen molar-refractivity contribution in [3.05, 3.63) is 59.4 Å². The Bertz CT molecular complexity index is 730. The van der Waals surface area contributed by atoms with Crippen LogP contribution in [0.15, 0.2) is 48.5 Å². The Hall–Kier alpha value is -2.11. The van der Waals surface area contributed by atoms with Gasteiger partial charge in [0.05, 0.1) is 26.2 Å². The van der Waals surface area contributed by atoms with E-state index in [2.05, 4.69) is 16.3 Å². The summed E-state index contributed by atoms with van der Waals surface area (Å²) in [6.45, 7) is 5.45. The van der Waals surface area contributed by atoms with Crippen LogP contribution < -0.4 is 15.1 Å². The molecule has 4 nitrogen and oxygen atoms in total. The molecule has 25 heavy (non-hydrogen) atoms. The van der Waals surface area contributed by atoms with E-state index in [1.54, 1.807) is 12.1 Å². The monoisotopic (exact) mass is 362 g/mol. The Morgan fingerprint density at radius 2 is 1.88 bits per heavy atom. The molecule has 0 unspecified atom stereocenters. The third-order valence-corrected chi connectivity index (χ3v) is 4.93. The summed E-state index contributed by atoms with van der Waals surface area (Å²) in [6, 6.07) is 13.5. The summed E-state index contributed by atoms with van der Waals surface area (Å²) in [7, 11) is 0. The van der Waals surface area contributed by atoms with Crippen LogP contribution in [0.1, 0.15) is 6.92 Å². The number of hydrogen-bond acceptors (Lipinski definition) is 2. The van der Waals surface area contributed by atoms with Crippen molar-refractivity contribution < 1.29 is 14.1 Å². The summed E-state index contributed by atoms with van der Waals surface area (Å²) in [5.41, 5.74) is 1.74. The molecule has 2 N–H and O–H groups in total. The van der Waals surface area contributed by atoms with Crippen molar-refractivity contribution in [2.24, 2.45) is 0 Å². The van der Waals surface area contributed by atoms with E-state index in [9.17, 15) is 9.18 Å². The van der Waals surface area contributed by atoms with E-state index in [1.165, 1.54) is 17.0 Å². The molecule has 6 heteroatoms. The second kappa shape index (κ2) is 7.85. The highest BCUT2D eigenvalue weighted by atomic mass is 35.5. The second-order valence-electron chi connectivity index (χ2n) is 6.34. The van der Waals surface area contributed by atoms with Crippen molar-refractivity contribution >= 4 is 28.9 Å². The van der Waals surface area contributed by atoms with Crippen molar-refractivity contribution in [2.75, 3.05) is 36.4 Å². The maximum absolute atomic E-state index is 12.9. The quantitative estimate of drug-likeness (QED) is 0.875. The molecule has 1 aliphatic rings. The molecule has 1 amide bonds. The Morgan fingerprint density at radius 1 is 1.20 bits per heavy atom. The summed E-state index contributed by atoms with van der Waals surface area (Å²) in [6.07, 6.45) is 0. The molecule has 1 aliphatic heterocycles. The lowest BCUT2D eigenvalue weighted by Crippen LogP contribution is -3.19. The van der Waals surface area contributed by atoms with Gasteiger partial charge in [-0.2, -0.15) is 0 Å². The van der Waals surface area contributed by atoms with Gasteiger partial charge in [0.15, 0.2) is 6.04 Å². The molecule has 132 valence electrons. The van der Waals surface area contributed by atoms with Crippen LogP contribution in [0.3, 0.4) is 0 Å². The summed E-state index contributed by atoms with van der Waals surface area (Å²) in [5.74, 6) is -0.355. The van der Waals surface area contributed by atoms with Crippen molar-refractivity contribution in [3.63, 3.8) is 0 Å². The Morgan fingerprint density at radius 3 is 2.52 bits per heavy atom. The third kappa shape index (κ3) is 4.50. The predicted molar refractivity (Wildman–Crippen MR) is 98.9 cm³/mol. The summed E-state index contributed by atoms with van der Waals surface area (Å²) in [4.78, 5) is 16.0. The van der Waals surface area contributed by atoms with E-state index in [1.807, 2.05) is 25.1 Å². The summed E-state index contributed by atoms with van der Waals surface area (Å²) < 4.78 is 12.9. The van der Waals surface area contributed by atoms with Crippen LogP contribution in [0.25, 0.3) is 0 Å². The third-order valence-electron chi connectivity index (χ3n) is 4.70. The van der Waals surface area contributed by atoms with Gasteiger partial charge < -0.3 is 15.1 Å². The Labute approximate surface area is 152 Å². The van der Waals surface area contributed by atoms with Gasteiger partial charge in [-0.05, 0) is 49.4 Å². The molecule has 1 atom stereocenters. The summed E-state index contributed by atoms with van der Waals surface area (Å²) in [5, 5.41) is 3.59. The molecule has 0 spiro atoms. The maximum Gasteiger partial charge on any atom is 0.282 e. The number of nitrogens with zero attached hydrogens (tertiary/aromatic N) is 1. The minimum atomic E-state index is -0.311. The largest absolute Gasteiger partial charge is 0.360 e. The van der Waals surface area contributed by atoms with Crippen molar-refractivity contribution in [1.82, 2.24) is 0 Å². The zero-order valence-electron chi connectivity index (χ0n) is 14.1. The zero-order valence-corrected chi connectivity index (χ0v) is 14.9. The van der Waals surface area contributed by atoms with E-state index < -0.39 is 0 Å². The van der Waals surface area contributed by atoms with Gasteiger partial charge in [0, 0.05) is 16.4 Å². The van der Waals surface area contributed by atoms with Gasteiger partial charge in [-0.1, -0.05) is 17.7 Å². The molecule has 3 rings (SSSR count). The molecule has 2 aromatic carbocycles. The minimum absolute atomic E-state index is 0.0437. The lowest BCUT2D eigenvalue weighted by molar-refractivity contribution is -0.914. The van der Waals surface area contributed by atoms with Crippen LogP contribution in [0.5, 0.6) is 0 Å². The lowest BCUT2D eigenvalue weighted by Gasteiger charge is -2.36. The van der Waals surface area contributed by atoms with Gasteiger partial charge in [-0.15, -0.1) is 0 Å². The number of rotatable bonds is 4. The Kier molecular flexibility index (Phi) is 5.56. The van der Waals surface area contributed by atoms with Crippen molar-refractivity contribution in [1.29, 1.82) is 0 Å². The van der Waals surface area contributed by atoms with Crippen LogP contribution in [-0.4, -0.2) is 38.1 Å². The van der Waals surface area contributed by atoms with Crippen LogP contribution in [0, 0.1) is 5.82 Å². The molecule has 0 radical (unpaired) electrons. The van der Waals surface area contributed by atoms with Gasteiger partial charge in [0.25, 0.3) is 5.91 Å². The normalized spacial score (nSPS) is 16.5. The molecule has 1 fully saturated rings. The number of halogens is 2. The molecule has 1 heterocycles. The van der Waals surface area contributed by atoms with E-state index >= 15 is 0 Å². The van der Waals surface area contributed by atoms with Gasteiger partial charge in [-0.3, -0.25) is 4.79 Å². The molecule has 0 bridgehead atoms. The van der Waals surface area contributed by atoms with Gasteiger partial charge in [0.2, 0.25) is 0 Å². The fourth-order valence-corrected chi connectivity index (χ4v) is 3.31. The van der Waals surface area contributed by atoms with Crippen molar-refractivity contribution in [2.45, 2.75) is 13.0 Å². The lowest BCUT2D eigenvalue weighted by atomic mass is 10.2. The number of anilines is 2. The Balaban J connectivity index is 1.54. The first-order valence-corrected chi connectivity index (χ1v) is 8.82. The molecule has 0 aromatic heterocycles. The van der Waals surface area contributed by atoms with Crippen molar-refractivity contribution in [3.8, 4) is 0 Å². The molecular formula is C19H22ClFN3O+. The molecule has 0 aliphatic carbocycles. The number of carbonyl (C=O) groups excluding carboxylic acids is 1. The molecular weight excluding hydrogens is 341 g/mol. The van der Waals surface area contributed by atoms with Gasteiger partial charge >= 0.3 is 0 Å². The van der Waals surface area contributed by atoms with Crippen LogP contribution in [-0.2, 0) is 4.79 Å². The smallest absolute Gasteiger partial charge is 0.282 e. The SMILES string of the molecule is C[C@@H](C(=O)Nc1ccc(F)cc1)[NH+]1CCN(c2cccc(Cl)c2)CC1. The van der Waals surface area contributed by atoms with E-state index in [0.29, 0.717) is 5.69 Å². The fourth-order valence-electron chi connectivity index (χ4n) is 3.13. The van der Waals surface area contributed by atoms with E-state index in [4.69, 9.17) is 11.6 Å². The number of nitrogens with one attached hydrogen (secondary N) is 2. The first-order valence-electron chi connectivity index (χ1n) is 8.44. The van der Waals surface area contributed by atoms with Crippen LogP contribution in [0.2, 0.25) is 5.02 Å². The van der Waals surface area contributed by atoms with Crippen LogP contribution >= 0.6 is 11.6 Å². The number of benzene rings is 2. The van der Waals surface area contributed by atoms with Gasteiger partial charge in [-0.25, -0.2) is 4.39 Å². The highest BCUT2D eigenvalue weighted by Crippen LogP contribution is 2.19. The molecule has 1 saturated heterocycles. The minimum Gasteiger partial charge on any atom is -0.360 e. The predicted octanol–water partition coefficient (Wildman–Crippen LogP) is 2.21. The average molecular weight is 363 g/mol. The van der Waals surface area contributed by atoms with Crippen LogP contribution in [0.4, 0.5) is 15.8 Å². The number of carbonyl (C=O) groups is 1. The standard InChI is InChI=1S/C19H21ClFN3O/c1-14(19(25)22-17-7-5-16(21)6-8-17)23-9-11-24(12-10-23)18-4-2-3-15(20)13-18/h2-8,13-14H,9-12H2,1H3,(H,22,25)/p+1/t14-/m0/s1. The highest BCUT2D eigenvalue weighted by Gasteiger charge is 2.29. The highest BCUT2D eigenvalue weighted by molar-refractivity contribution is 6.30. The average Bonchev–Trinajstić information content (AvgIpc) is 2.63. The summed E-state index contributed by atoms with van der Waals surface area (Å²) >= 11 is 6.06. The fraction of sp³-hybridized carbons (Fsp3) is 0.316. The number of amides is 1. The number of piperazine rings is 1. The second-order valence-corrected chi connectivity index (χ2v) is 6.78. The number of hydrogen-bond donors (Lipinski definition) is 2. The van der Waals surface area contributed by atoms with E-state index in [0.717, 1.165) is 36.9 Å². The first kappa shape index (κ1) is 17.7. The molecule has 2 aromatic rings. The topological polar surface area (TPSA) is 36.8 Å². The van der Waals surface area contributed by atoms with E-state index in [-0.39, 0.29) is 17.8 Å². The number of quaternary nitrogens is 1. The first-order chi connectivity index (χ1) is 12.0. The zero-order chi connectivity index (χ0) is 17.8. The van der Waals surface area contributed by atoms with Gasteiger partial charge in [0.1, 0.15) is 5.82 Å². The molecule has 0 saturated carbocycles.